The fraction of sp³-hybridized carbons (Fsp3) is 0.519. The van der Waals surface area contributed by atoms with Crippen LogP contribution < -0.4 is 5.32 Å². The Morgan fingerprint density at radius 2 is 1.82 bits per heavy atom. The molecule has 2 unspecified atom stereocenters. The van der Waals surface area contributed by atoms with E-state index in [2.05, 4.69) is 5.32 Å². The van der Waals surface area contributed by atoms with Crippen molar-refractivity contribution in [3.63, 3.8) is 0 Å². The van der Waals surface area contributed by atoms with Gasteiger partial charge < -0.3 is 9.64 Å². The Bertz CT molecular complexity index is 1250. The number of halogens is 4. The number of sulfone groups is 1. The van der Waals surface area contributed by atoms with Gasteiger partial charge in [0.1, 0.15) is 18.3 Å². The van der Waals surface area contributed by atoms with Gasteiger partial charge in [0.15, 0.2) is 9.84 Å². The summed E-state index contributed by atoms with van der Waals surface area (Å²) in [6.45, 7) is 3.75. The highest BCUT2D eigenvalue weighted by molar-refractivity contribution is 7.90. The number of rotatable bonds is 8. The van der Waals surface area contributed by atoms with Gasteiger partial charge in [-0.3, -0.25) is 10.1 Å². The largest absolute Gasteiger partial charge is 0.407 e. The SMILES string of the molecule is CC(C)CC(NC(c1ccc(-c2cccc(S(C)(=O)=O)c2)cc1)C(F)(F)F)C(=O)N1C[C@H](F)[C@H]2OCC[C@H]21. The number of nitrogens with one attached hydrogen (secondary N) is 1. The first-order valence-electron chi connectivity index (χ1n) is 12.5. The number of hydrogen-bond acceptors (Lipinski definition) is 5. The second-order valence-corrected chi connectivity index (χ2v) is 12.5. The van der Waals surface area contributed by atoms with Crippen LogP contribution in [0.3, 0.4) is 0 Å². The standard InChI is InChI=1S/C27H32F4N2O4S/c1-16(2)13-22(26(34)33-15-21(28)24-23(33)11-12-37-24)32-25(27(29,30)31)18-9-7-17(8-10-18)19-5-4-6-20(14-19)38(3,35)36/h4-10,14,16,21-25,32H,11-13,15H2,1-3H3/t21-,22?,23+,24+,25?/m0/s1. The van der Waals surface area contributed by atoms with Gasteiger partial charge in [0, 0.05) is 12.9 Å². The minimum Gasteiger partial charge on any atom is -0.373 e. The molecular formula is C27H32F4N2O4S. The molecule has 2 saturated heterocycles. The topological polar surface area (TPSA) is 75.7 Å². The van der Waals surface area contributed by atoms with Crippen LogP contribution in [-0.2, 0) is 19.4 Å². The molecule has 1 N–H and O–H groups in total. The molecule has 2 fully saturated rings. The molecule has 0 aliphatic carbocycles. The predicted octanol–water partition coefficient (Wildman–Crippen LogP) is 4.70. The maximum atomic E-state index is 14.4. The van der Waals surface area contributed by atoms with Gasteiger partial charge in [-0.05, 0) is 47.6 Å². The lowest BCUT2D eigenvalue weighted by Crippen LogP contribution is -2.52. The van der Waals surface area contributed by atoms with Crippen molar-refractivity contribution in [3.05, 3.63) is 54.1 Å². The zero-order valence-corrected chi connectivity index (χ0v) is 22.2. The average molecular weight is 557 g/mol. The molecule has 0 bridgehead atoms. The summed E-state index contributed by atoms with van der Waals surface area (Å²) in [5.74, 6) is -0.642. The van der Waals surface area contributed by atoms with E-state index < -0.39 is 52.3 Å². The number of amides is 1. The molecule has 1 amide bonds. The highest BCUT2D eigenvalue weighted by atomic mass is 32.2. The third kappa shape index (κ3) is 6.21. The van der Waals surface area contributed by atoms with Crippen LogP contribution in [0.5, 0.6) is 0 Å². The maximum Gasteiger partial charge on any atom is 0.407 e. The Morgan fingerprint density at radius 3 is 2.42 bits per heavy atom. The van der Waals surface area contributed by atoms with E-state index in [0.29, 0.717) is 24.2 Å². The van der Waals surface area contributed by atoms with Crippen LogP contribution >= 0.6 is 0 Å². The first-order valence-corrected chi connectivity index (χ1v) is 14.4. The Hall–Kier alpha value is -2.50. The van der Waals surface area contributed by atoms with Crippen LogP contribution in [0.1, 0.15) is 38.3 Å². The quantitative estimate of drug-likeness (QED) is 0.477. The molecule has 2 heterocycles. The Labute approximate surface area is 220 Å². The fourth-order valence-electron chi connectivity index (χ4n) is 5.23. The van der Waals surface area contributed by atoms with Crippen molar-refractivity contribution in [1.82, 2.24) is 10.2 Å². The van der Waals surface area contributed by atoms with Crippen molar-refractivity contribution in [2.24, 2.45) is 5.92 Å². The number of benzene rings is 2. The summed E-state index contributed by atoms with van der Waals surface area (Å²) in [5, 5.41) is 2.54. The fourth-order valence-corrected chi connectivity index (χ4v) is 5.89. The van der Waals surface area contributed by atoms with Gasteiger partial charge in [-0.2, -0.15) is 13.2 Å². The zero-order valence-electron chi connectivity index (χ0n) is 21.4. The van der Waals surface area contributed by atoms with E-state index in [4.69, 9.17) is 4.74 Å². The second-order valence-electron chi connectivity index (χ2n) is 10.4. The number of ether oxygens (including phenoxy) is 1. The average Bonchev–Trinajstić information content (AvgIpc) is 3.44. The molecule has 0 spiro atoms. The van der Waals surface area contributed by atoms with Gasteiger partial charge in [-0.1, -0.05) is 50.2 Å². The van der Waals surface area contributed by atoms with Crippen molar-refractivity contribution < 1.29 is 35.5 Å². The number of likely N-dealkylation sites (tertiary alicyclic amines) is 1. The molecule has 0 saturated carbocycles. The molecule has 0 aromatic heterocycles. The molecule has 0 radical (unpaired) electrons. The number of carbonyl (C=O) groups excluding carboxylic acids is 1. The van der Waals surface area contributed by atoms with Crippen LogP contribution in [0.2, 0.25) is 0 Å². The van der Waals surface area contributed by atoms with Gasteiger partial charge >= 0.3 is 6.18 Å². The molecule has 38 heavy (non-hydrogen) atoms. The van der Waals surface area contributed by atoms with Gasteiger partial charge in [-0.25, -0.2) is 12.8 Å². The third-order valence-corrected chi connectivity index (χ3v) is 8.16. The van der Waals surface area contributed by atoms with Crippen molar-refractivity contribution >= 4 is 15.7 Å². The summed E-state index contributed by atoms with van der Waals surface area (Å²) in [5.41, 5.74) is 1.01. The van der Waals surface area contributed by atoms with Crippen molar-refractivity contribution in [3.8, 4) is 11.1 Å². The summed E-state index contributed by atoms with van der Waals surface area (Å²) in [7, 11) is -3.45. The molecule has 4 rings (SSSR count). The van der Waals surface area contributed by atoms with Crippen LogP contribution in [0, 0.1) is 5.92 Å². The summed E-state index contributed by atoms with van der Waals surface area (Å²) in [6, 6.07) is 8.01. The number of hydrogen-bond donors (Lipinski definition) is 1. The second kappa shape index (κ2) is 10.9. The third-order valence-electron chi connectivity index (χ3n) is 7.05. The molecule has 5 atom stereocenters. The number of alkyl halides is 4. The maximum absolute atomic E-state index is 14.4. The summed E-state index contributed by atoms with van der Waals surface area (Å²) in [6.07, 6.45) is -5.12. The van der Waals surface area contributed by atoms with Crippen LogP contribution in [-0.4, -0.2) is 69.2 Å². The van der Waals surface area contributed by atoms with Crippen molar-refractivity contribution in [2.75, 3.05) is 19.4 Å². The molecule has 2 aliphatic heterocycles. The highest BCUT2D eigenvalue weighted by Gasteiger charge is 2.50. The molecule has 208 valence electrons. The minimum atomic E-state index is -4.71. The lowest BCUT2D eigenvalue weighted by Gasteiger charge is -2.32. The summed E-state index contributed by atoms with van der Waals surface area (Å²) in [4.78, 5) is 14.9. The Morgan fingerprint density at radius 1 is 1.13 bits per heavy atom. The van der Waals surface area contributed by atoms with E-state index in [0.717, 1.165) is 6.26 Å². The predicted molar refractivity (Wildman–Crippen MR) is 135 cm³/mol. The monoisotopic (exact) mass is 556 g/mol. The number of nitrogens with zero attached hydrogens (tertiary/aromatic N) is 1. The lowest BCUT2D eigenvalue weighted by molar-refractivity contribution is -0.162. The van der Waals surface area contributed by atoms with E-state index in [9.17, 15) is 30.8 Å². The van der Waals surface area contributed by atoms with E-state index >= 15 is 0 Å². The van der Waals surface area contributed by atoms with Gasteiger partial charge in [0.25, 0.3) is 0 Å². The lowest BCUT2D eigenvalue weighted by atomic mass is 9.97. The molecule has 2 aromatic rings. The molecule has 2 aliphatic rings. The Kier molecular flexibility index (Phi) is 8.20. The minimum absolute atomic E-state index is 0.0887. The normalized spacial score (nSPS) is 23.5. The van der Waals surface area contributed by atoms with Gasteiger partial charge in [-0.15, -0.1) is 0 Å². The summed E-state index contributed by atoms with van der Waals surface area (Å²) >= 11 is 0. The number of carbonyl (C=O) groups is 1. The molecule has 11 heteroatoms. The van der Waals surface area contributed by atoms with Crippen LogP contribution in [0.15, 0.2) is 53.4 Å². The van der Waals surface area contributed by atoms with E-state index in [1.54, 1.807) is 12.1 Å². The van der Waals surface area contributed by atoms with Crippen LogP contribution in [0.4, 0.5) is 17.6 Å². The zero-order chi connectivity index (χ0) is 27.8. The first kappa shape index (κ1) is 28.5. The van der Waals surface area contributed by atoms with Crippen LogP contribution in [0.25, 0.3) is 11.1 Å². The van der Waals surface area contributed by atoms with Crippen molar-refractivity contribution in [2.45, 2.75) is 68.2 Å². The van der Waals surface area contributed by atoms with E-state index in [-0.39, 0.29) is 29.3 Å². The van der Waals surface area contributed by atoms with Gasteiger partial charge in [0.2, 0.25) is 5.91 Å². The smallest absolute Gasteiger partial charge is 0.373 e. The molecule has 2 aromatic carbocycles. The van der Waals surface area contributed by atoms with Gasteiger partial charge in [0.05, 0.1) is 23.5 Å². The summed E-state index contributed by atoms with van der Waals surface area (Å²) < 4.78 is 86.5. The van der Waals surface area contributed by atoms with E-state index in [1.807, 2.05) is 13.8 Å². The van der Waals surface area contributed by atoms with E-state index in [1.165, 1.54) is 41.3 Å². The Balaban J connectivity index is 1.60. The van der Waals surface area contributed by atoms with Crippen molar-refractivity contribution in [1.29, 1.82) is 0 Å². The molecular weight excluding hydrogens is 524 g/mol. The molecule has 6 nitrogen and oxygen atoms in total. The number of fused-ring (bicyclic) bond motifs is 1. The first-order chi connectivity index (χ1) is 17.8. The highest BCUT2D eigenvalue weighted by Crippen LogP contribution is 2.36.